The highest BCUT2D eigenvalue weighted by Crippen LogP contribution is 2.01. The Labute approximate surface area is 85.9 Å². The first kappa shape index (κ1) is 12.9. The summed E-state index contributed by atoms with van der Waals surface area (Å²) in [5.74, 6) is -0.0111. The number of likely N-dealkylation sites (N-methyl/N-ethyl adjacent to an activating group) is 2. The molecule has 0 radical (unpaired) electrons. The molecule has 4 heteroatoms. The fraction of sp³-hybridized carbons (Fsp3) is 0.800. The van der Waals surface area contributed by atoms with E-state index in [1.54, 1.807) is 0 Å². The zero-order valence-electron chi connectivity index (χ0n) is 9.21. The van der Waals surface area contributed by atoms with Gasteiger partial charge in [0.15, 0.2) is 0 Å². The lowest BCUT2D eigenvalue weighted by atomic mass is 10.2. The van der Waals surface area contributed by atoms with E-state index in [0.717, 1.165) is 13.0 Å². The van der Waals surface area contributed by atoms with Gasteiger partial charge in [0.25, 0.3) is 0 Å². The van der Waals surface area contributed by atoms with Crippen LogP contribution in [0.4, 0.5) is 0 Å². The van der Waals surface area contributed by atoms with Crippen molar-refractivity contribution in [3.05, 3.63) is 0 Å². The third kappa shape index (κ3) is 4.24. The van der Waals surface area contributed by atoms with Crippen molar-refractivity contribution in [2.24, 2.45) is 0 Å². The summed E-state index contributed by atoms with van der Waals surface area (Å²) >= 11 is 0. The standard InChI is InChI=1S/C10H19N3O/c1-4-9(7-11)13(6-3)8-10(14)12-5-2/h9H,4-6,8H2,1-3H3,(H,12,14). The molecule has 0 aliphatic rings. The SMILES string of the molecule is CCNC(=O)CN(CC)C(C#N)CC. The molecule has 1 unspecified atom stereocenters. The summed E-state index contributed by atoms with van der Waals surface area (Å²) in [6.07, 6.45) is 0.754. The Morgan fingerprint density at radius 3 is 2.50 bits per heavy atom. The lowest BCUT2D eigenvalue weighted by Gasteiger charge is -2.23. The van der Waals surface area contributed by atoms with E-state index >= 15 is 0 Å². The van der Waals surface area contributed by atoms with Gasteiger partial charge >= 0.3 is 0 Å². The molecule has 1 amide bonds. The molecule has 1 atom stereocenters. The number of amides is 1. The van der Waals surface area contributed by atoms with E-state index in [1.165, 1.54) is 0 Å². The van der Waals surface area contributed by atoms with Crippen LogP contribution in [-0.4, -0.2) is 36.5 Å². The second-order valence-electron chi connectivity index (χ2n) is 3.07. The number of nitrogens with one attached hydrogen (secondary N) is 1. The van der Waals surface area contributed by atoms with Gasteiger partial charge in [-0.2, -0.15) is 5.26 Å². The lowest BCUT2D eigenvalue weighted by molar-refractivity contribution is -0.122. The number of carbonyl (C=O) groups is 1. The van der Waals surface area contributed by atoms with Gasteiger partial charge in [0.2, 0.25) is 5.91 Å². The van der Waals surface area contributed by atoms with Gasteiger partial charge in [-0.25, -0.2) is 0 Å². The summed E-state index contributed by atoms with van der Waals surface area (Å²) in [5, 5.41) is 11.6. The minimum atomic E-state index is -0.150. The summed E-state index contributed by atoms with van der Waals surface area (Å²) < 4.78 is 0. The van der Waals surface area contributed by atoms with Crippen molar-refractivity contribution in [2.75, 3.05) is 19.6 Å². The van der Waals surface area contributed by atoms with Crippen molar-refractivity contribution in [1.82, 2.24) is 10.2 Å². The van der Waals surface area contributed by atoms with E-state index in [4.69, 9.17) is 5.26 Å². The Hall–Kier alpha value is -1.08. The molecule has 0 aromatic rings. The molecule has 0 fully saturated rings. The van der Waals surface area contributed by atoms with E-state index in [1.807, 2.05) is 25.7 Å². The highest BCUT2D eigenvalue weighted by molar-refractivity contribution is 5.78. The first-order valence-electron chi connectivity index (χ1n) is 5.09. The summed E-state index contributed by atoms with van der Waals surface area (Å²) in [7, 11) is 0. The largest absolute Gasteiger partial charge is 0.355 e. The maximum atomic E-state index is 11.3. The molecule has 80 valence electrons. The van der Waals surface area contributed by atoms with Gasteiger partial charge in [0, 0.05) is 6.54 Å². The monoisotopic (exact) mass is 197 g/mol. The molecule has 0 aliphatic heterocycles. The van der Waals surface area contributed by atoms with Gasteiger partial charge in [0.05, 0.1) is 18.7 Å². The number of nitriles is 1. The quantitative estimate of drug-likeness (QED) is 0.683. The number of hydrogen-bond acceptors (Lipinski definition) is 3. The van der Waals surface area contributed by atoms with Gasteiger partial charge < -0.3 is 5.32 Å². The van der Waals surface area contributed by atoms with Crippen LogP contribution < -0.4 is 5.32 Å². The van der Waals surface area contributed by atoms with Gasteiger partial charge in [-0.05, 0) is 19.9 Å². The third-order valence-electron chi connectivity index (χ3n) is 2.10. The van der Waals surface area contributed by atoms with Crippen molar-refractivity contribution in [1.29, 1.82) is 5.26 Å². The zero-order chi connectivity index (χ0) is 11.0. The van der Waals surface area contributed by atoms with E-state index in [2.05, 4.69) is 11.4 Å². The zero-order valence-corrected chi connectivity index (χ0v) is 9.21. The van der Waals surface area contributed by atoms with Gasteiger partial charge in [-0.15, -0.1) is 0 Å². The Morgan fingerprint density at radius 1 is 1.50 bits per heavy atom. The number of hydrogen-bond donors (Lipinski definition) is 1. The number of carbonyl (C=O) groups excluding carboxylic acids is 1. The third-order valence-corrected chi connectivity index (χ3v) is 2.10. The van der Waals surface area contributed by atoms with Crippen molar-refractivity contribution < 1.29 is 4.79 Å². The highest BCUT2D eigenvalue weighted by atomic mass is 16.2. The van der Waals surface area contributed by atoms with Crippen molar-refractivity contribution in [2.45, 2.75) is 33.2 Å². The first-order valence-corrected chi connectivity index (χ1v) is 5.09. The molecule has 0 saturated heterocycles. The Balaban J connectivity index is 4.14. The van der Waals surface area contributed by atoms with E-state index < -0.39 is 0 Å². The normalized spacial score (nSPS) is 12.2. The minimum Gasteiger partial charge on any atom is -0.355 e. The van der Waals surface area contributed by atoms with Crippen LogP contribution in [0.5, 0.6) is 0 Å². The molecular weight excluding hydrogens is 178 g/mol. The summed E-state index contributed by atoms with van der Waals surface area (Å²) in [6, 6.07) is 2.05. The van der Waals surface area contributed by atoms with Gasteiger partial charge in [0.1, 0.15) is 0 Å². The average molecular weight is 197 g/mol. The predicted molar refractivity (Wildman–Crippen MR) is 55.6 cm³/mol. The second-order valence-corrected chi connectivity index (χ2v) is 3.07. The Morgan fingerprint density at radius 2 is 2.14 bits per heavy atom. The fourth-order valence-corrected chi connectivity index (χ4v) is 1.31. The molecular formula is C10H19N3O. The van der Waals surface area contributed by atoms with E-state index in [9.17, 15) is 4.79 Å². The second kappa shape index (κ2) is 7.34. The smallest absolute Gasteiger partial charge is 0.234 e. The van der Waals surface area contributed by atoms with E-state index in [-0.39, 0.29) is 11.9 Å². The van der Waals surface area contributed by atoms with Crippen LogP contribution in [-0.2, 0) is 4.79 Å². The number of rotatable bonds is 6. The van der Waals surface area contributed by atoms with Crippen molar-refractivity contribution >= 4 is 5.91 Å². The maximum Gasteiger partial charge on any atom is 0.234 e. The van der Waals surface area contributed by atoms with Crippen LogP contribution in [0.25, 0.3) is 0 Å². The Kier molecular flexibility index (Phi) is 6.77. The molecule has 0 aliphatic carbocycles. The van der Waals surface area contributed by atoms with Crippen LogP contribution in [0.3, 0.4) is 0 Å². The number of nitrogens with zero attached hydrogens (tertiary/aromatic N) is 2. The van der Waals surface area contributed by atoms with Crippen molar-refractivity contribution in [3.8, 4) is 6.07 Å². The van der Waals surface area contributed by atoms with Crippen LogP contribution in [0.1, 0.15) is 27.2 Å². The van der Waals surface area contributed by atoms with Crippen LogP contribution in [0.2, 0.25) is 0 Å². The van der Waals surface area contributed by atoms with Gasteiger partial charge in [-0.1, -0.05) is 13.8 Å². The van der Waals surface area contributed by atoms with E-state index in [0.29, 0.717) is 13.1 Å². The minimum absolute atomic E-state index is 0.0111. The molecule has 4 nitrogen and oxygen atoms in total. The fourth-order valence-electron chi connectivity index (χ4n) is 1.31. The molecule has 0 heterocycles. The molecule has 0 saturated carbocycles. The summed E-state index contributed by atoms with van der Waals surface area (Å²) in [4.78, 5) is 13.2. The topological polar surface area (TPSA) is 56.1 Å². The lowest BCUT2D eigenvalue weighted by Crippen LogP contribution is -2.42. The highest BCUT2D eigenvalue weighted by Gasteiger charge is 2.16. The predicted octanol–water partition coefficient (Wildman–Crippen LogP) is 0.747. The molecule has 1 N–H and O–H groups in total. The van der Waals surface area contributed by atoms with Crippen LogP contribution in [0, 0.1) is 11.3 Å². The first-order chi connectivity index (χ1) is 6.69. The molecule has 0 rings (SSSR count). The van der Waals surface area contributed by atoms with Crippen LogP contribution in [0.15, 0.2) is 0 Å². The summed E-state index contributed by atoms with van der Waals surface area (Å²) in [6.45, 7) is 7.47. The summed E-state index contributed by atoms with van der Waals surface area (Å²) in [5.41, 5.74) is 0. The average Bonchev–Trinajstić information content (AvgIpc) is 2.18. The molecule has 14 heavy (non-hydrogen) atoms. The Bertz CT molecular complexity index is 210. The maximum absolute atomic E-state index is 11.3. The van der Waals surface area contributed by atoms with Crippen molar-refractivity contribution in [3.63, 3.8) is 0 Å². The molecule has 0 bridgehead atoms. The van der Waals surface area contributed by atoms with Gasteiger partial charge in [-0.3, -0.25) is 9.69 Å². The molecule has 0 aromatic heterocycles. The molecule has 0 aromatic carbocycles. The molecule has 0 spiro atoms. The van der Waals surface area contributed by atoms with Crippen LogP contribution >= 0.6 is 0 Å².